The summed E-state index contributed by atoms with van der Waals surface area (Å²) in [5.41, 5.74) is 1.48. The van der Waals surface area contributed by atoms with Crippen LogP contribution in [0.15, 0.2) is 65.6 Å². The molecule has 36 heavy (non-hydrogen) atoms. The zero-order valence-corrected chi connectivity index (χ0v) is 21.2. The lowest BCUT2D eigenvalue weighted by atomic mass is 9.95. The fourth-order valence-electron chi connectivity index (χ4n) is 4.57. The van der Waals surface area contributed by atoms with E-state index in [-0.39, 0.29) is 10.8 Å². The molecule has 2 heterocycles. The molecule has 1 aliphatic carbocycles. The second-order valence-corrected chi connectivity index (χ2v) is 11.4. The number of hydrogen-bond acceptors (Lipinski definition) is 6. The van der Waals surface area contributed by atoms with Crippen molar-refractivity contribution in [2.45, 2.75) is 42.2 Å². The number of aliphatic hydroxyl groups is 1. The van der Waals surface area contributed by atoms with Gasteiger partial charge in [0.2, 0.25) is 15.9 Å². The summed E-state index contributed by atoms with van der Waals surface area (Å²) < 4.78 is 32.0. The highest BCUT2D eigenvalue weighted by atomic mass is 35.5. The lowest BCUT2D eigenvalue weighted by Gasteiger charge is -2.20. The molecule has 1 saturated carbocycles. The molecule has 5 rings (SSSR count). The van der Waals surface area contributed by atoms with E-state index in [9.17, 15) is 18.3 Å². The number of benzene rings is 2. The van der Waals surface area contributed by atoms with Crippen molar-refractivity contribution in [3.8, 4) is 17.0 Å². The maximum atomic E-state index is 13.2. The Labute approximate surface area is 214 Å². The van der Waals surface area contributed by atoms with E-state index in [1.807, 2.05) is 6.07 Å². The third-order valence-corrected chi connectivity index (χ3v) is 9.02. The summed E-state index contributed by atoms with van der Waals surface area (Å²) in [7, 11) is -2.22. The van der Waals surface area contributed by atoms with Gasteiger partial charge in [0.05, 0.1) is 28.1 Å². The maximum Gasteiger partial charge on any atom is 0.245 e. The summed E-state index contributed by atoms with van der Waals surface area (Å²) in [6, 6.07) is 17.0. The van der Waals surface area contributed by atoms with Crippen molar-refractivity contribution >= 4 is 33.3 Å². The molecule has 1 unspecified atom stereocenters. The molecule has 2 N–H and O–H groups in total. The van der Waals surface area contributed by atoms with Gasteiger partial charge in [0, 0.05) is 12.1 Å². The maximum absolute atomic E-state index is 13.2. The zero-order chi connectivity index (χ0) is 25.5. The molecule has 1 aromatic heterocycles. The van der Waals surface area contributed by atoms with Gasteiger partial charge >= 0.3 is 0 Å². The molecule has 8 nitrogen and oxygen atoms in total. The Kier molecular flexibility index (Phi) is 6.50. The topological polar surface area (TPSA) is 109 Å². The third kappa shape index (κ3) is 4.48. The number of amides is 1. The first-order valence-electron chi connectivity index (χ1n) is 11.7. The van der Waals surface area contributed by atoms with E-state index in [2.05, 4.69) is 10.3 Å². The van der Waals surface area contributed by atoms with Crippen LogP contribution in [0.2, 0.25) is 5.02 Å². The largest absolute Gasteiger partial charge is 0.495 e. The third-order valence-electron chi connectivity index (χ3n) is 6.81. The van der Waals surface area contributed by atoms with E-state index in [4.69, 9.17) is 16.3 Å². The van der Waals surface area contributed by atoms with Crippen LogP contribution in [0.1, 0.15) is 31.2 Å². The molecule has 0 spiro atoms. The Morgan fingerprint density at radius 3 is 2.53 bits per heavy atom. The van der Waals surface area contributed by atoms with Gasteiger partial charge in [0.1, 0.15) is 17.8 Å². The average Bonchev–Trinajstić information content (AvgIpc) is 3.58. The molecular formula is C26H26ClN3O5S. The molecule has 1 aliphatic heterocycles. The number of hydrogen-bond donors (Lipinski definition) is 2. The number of pyridine rings is 1. The molecule has 2 aliphatic rings. The molecule has 0 radical (unpaired) electrons. The number of nitrogens with zero attached hydrogens (tertiary/aromatic N) is 2. The van der Waals surface area contributed by atoms with Gasteiger partial charge in [0.15, 0.2) is 0 Å². The van der Waals surface area contributed by atoms with E-state index >= 15 is 0 Å². The number of sulfonamides is 1. The number of halogens is 1. The van der Waals surface area contributed by atoms with E-state index in [1.54, 1.807) is 49.6 Å². The molecule has 188 valence electrons. The molecular weight excluding hydrogens is 502 g/mol. The minimum Gasteiger partial charge on any atom is -0.495 e. The number of carbonyl (C=O) groups is 1. The van der Waals surface area contributed by atoms with Crippen LogP contribution >= 0.6 is 11.6 Å². The number of ether oxygens (including phenoxy) is 1. The smallest absolute Gasteiger partial charge is 0.245 e. The number of rotatable bonds is 7. The molecule has 1 saturated heterocycles. The van der Waals surface area contributed by atoms with E-state index in [0.29, 0.717) is 60.1 Å². The van der Waals surface area contributed by atoms with E-state index in [1.165, 1.54) is 12.1 Å². The number of aliphatic hydroxyl groups excluding tert-OH is 1. The molecule has 2 fully saturated rings. The average molecular weight is 528 g/mol. The van der Waals surface area contributed by atoms with Gasteiger partial charge in [-0.05, 0) is 67.6 Å². The van der Waals surface area contributed by atoms with Crippen LogP contribution in [0.25, 0.3) is 11.3 Å². The highest BCUT2D eigenvalue weighted by molar-refractivity contribution is 7.89. The van der Waals surface area contributed by atoms with Gasteiger partial charge in [-0.1, -0.05) is 35.9 Å². The van der Waals surface area contributed by atoms with Crippen molar-refractivity contribution in [1.29, 1.82) is 0 Å². The highest BCUT2D eigenvalue weighted by Crippen LogP contribution is 2.50. The fraction of sp³-hybridized carbons (Fsp3) is 0.308. The predicted octanol–water partition coefficient (Wildman–Crippen LogP) is 4.18. The summed E-state index contributed by atoms with van der Waals surface area (Å²) in [6.07, 6.45) is 1.51. The first-order chi connectivity index (χ1) is 17.2. The summed E-state index contributed by atoms with van der Waals surface area (Å²) in [4.78, 5) is 17.9. The van der Waals surface area contributed by atoms with E-state index in [0.717, 1.165) is 9.87 Å². The standard InChI is InChI=1S/C26H26ClN3O5S/c1-35-22-12-9-18(16-20(22)27)26(13-14-26)25(32)29-23-5-2-4-21(28-23)17-7-10-19(11-8-17)36(33,34)30-15-3-6-24(30)31/h2,4-5,7-12,16,24,31H,3,6,13-15H2,1H3,(H,28,29,32). The molecule has 1 atom stereocenters. The van der Waals surface area contributed by atoms with Gasteiger partial charge in [0.25, 0.3) is 0 Å². The van der Waals surface area contributed by atoms with Crippen LogP contribution in [0.5, 0.6) is 5.75 Å². The number of carbonyl (C=O) groups excluding carboxylic acids is 1. The molecule has 10 heteroatoms. The second kappa shape index (κ2) is 9.48. The van der Waals surface area contributed by atoms with Crippen LogP contribution in [0, 0.1) is 0 Å². The normalized spacial score (nSPS) is 19.1. The van der Waals surface area contributed by atoms with Crippen LogP contribution in [0.4, 0.5) is 5.82 Å². The quantitative estimate of drug-likeness (QED) is 0.477. The summed E-state index contributed by atoms with van der Waals surface area (Å²) in [5.74, 6) is 0.806. The Morgan fingerprint density at radius 2 is 1.92 bits per heavy atom. The van der Waals surface area contributed by atoms with Gasteiger partial charge in [-0.3, -0.25) is 4.79 Å². The van der Waals surface area contributed by atoms with Crippen molar-refractivity contribution in [3.63, 3.8) is 0 Å². The second-order valence-electron chi connectivity index (χ2n) is 9.06. The fourth-order valence-corrected chi connectivity index (χ4v) is 6.38. The number of methoxy groups -OCH3 is 1. The zero-order valence-electron chi connectivity index (χ0n) is 19.6. The van der Waals surface area contributed by atoms with Gasteiger partial charge in [-0.2, -0.15) is 4.31 Å². The molecule has 1 amide bonds. The van der Waals surface area contributed by atoms with Crippen molar-refractivity contribution in [2.75, 3.05) is 19.0 Å². The van der Waals surface area contributed by atoms with Gasteiger partial charge in [-0.15, -0.1) is 0 Å². The van der Waals surface area contributed by atoms with Crippen molar-refractivity contribution in [3.05, 3.63) is 71.2 Å². The van der Waals surface area contributed by atoms with Crippen molar-refractivity contribution in [1.82, 2.24) is 9.29 Å². The molecule has 3 aromatic rings. The summed E-state index contributed by atoms with van der Waals surface area (Å²) in [5, 5.41) is 13.4. The number of nitrogens with one attached hydrogen (secondary N) is 1. The molecule has 0 bridgehead atoms. The van der Waals surface area contributed by atoms with E-state index < -0.39 is 21.7 Å². The van der Waals surface area contributed by atoms with Crippen LogP contribution < -0.4 is 10.1 Å². The van der Waals surface area contributed by atoms with Gasteiger partial charge in [-0.25, -0.2) is 13.4 Å². The van der Waals surface area contributed by atoms with Gasteiger partial charge < -0.3 is 15.2 Å². The number of aromatic nitrogens is 1. The Bertz CT molecular complexity index is 1410. The monoisotopic (exact) mass is 527 g/mol. The van der Waals surface area contributed by atoms with Crippen LogP contribution in [-0.2, 0) is 20.2 Å². The minimum absolute atomic E-state index is 0.116. The number of anilines is 1. The SMILES string of the molecule is COc1ccc(C2(C(=O)Nc3cccc(-c4ccc(S(=O)(=O)N5CCCC5O)cc4)n3)CC2)cc1Cl. The lowest BCUT2D eigenvalue weighted by Crippen LogP contribution is -2.35. The summed E-state index contributed by atoms with van der Waals surface area (Å²) in [6.45, 7) is 0.304. The lowest BCUT2D eigenvalue weighted by molar-refractivity contribution is -0.118. The summed E-state index contributed by atoms with van der Waals surface area (Å²) >= 11 is 6.28. The van der Waals surface area contributed by atoms with Crippen LogP contribution in [0.3, 0.4) is 0 Å². The highest BCUT2D eigenvalue weighted by Gasteiger charge is 2.51. The van der Waals surface area contributed by atoms with Crippen molar-refractivity contribution < 1.29 is 23.1 Å². The Hall–Kier alpha value is -2.98. The predicted molar refractivity (Wildman–Crippen MR) is 136 cm³/mol. The Morgan fingerprint density at radius 1 is 1.17 bits per heavy atom. The minimum atomic E-state index is -3.77. The van der Waals surface area contributed by atoms with Crippen molar-refractivity contribution in [2.24, 2.45) is 0 Å². The first kappa shape index (κ1) is 24.7. The Balaban J connectivity index is 1.33. The molecule has 2 aromatic carbocycles. The van der Waals surface area contributed by atoms with Crippen LogP contribution in [-0.4, -0.2) is 48.6 Å². The first-order valence-corrected chi connectivity index (χ1v) is 13.5.